The van der Waals surface area contributed by atoms with Crippen LogP contribution in [0, 0.1) is 5.95 Å². The number of H-pyrrole nitrogens is 1. The van der Waals surface area contributed by atoms with Crippen molar-refractivity contribution in [2.75, 3.05) is 12.4 Å². The van der Waals surface area contributed by atoms with Crippen molar-refractivity contribution in [2.24, 2.45) is 0 Å². The minimum atomic E-state index is -4.51. The second-order valence-electron chi connectivity index (χ2n) is 6.78. The standard InChI is InChI=1S/C21H17F4N5O/c1-31-20-13(3-2-6-26-20)9-27-17-5-4-12(18(22)30-17)7-14-10-28-19-16(14)8-15(11-29-19)21(23,24)25/h2-6,8,10-11H,7,9H2,1H3,(H,27,30)(H,28,29). The fourth-order valence-corrected chi connectivity index (χ4v) is 3.19. The fourth-order valence-electron chi connectivity index (χ4n) is 3.19. The van der Waals surface area contributed by atoms with E-state index in [1.807, 2.05) is 6.07 Å². The molecular weight excluding hydrogens is 414 g/mol. The zero-order chi connectivity index (χ0) is 22.0. The van der Waals surface area contributed by atoms with Gasteiger partial charge in [-0.25, -0.2) is 15.0 Å². The van der Waals surface area contributed by atoms with Crippen molar-refractivity contribution in [2.45, 2.75) is 19.1 Å². The SMILES string of the molecule is COc1ncccc1CNc1ccc(Cc2c[nH]c3ncc(C(F)(F)F)cc23)c(F)n1. The number of pyridine rings is 3. The van der Waals surface area contributed by atoms with Crippen molar-refractivity contribution in [3.05, 3.63) is 77.1 Å². The number of rotatable bonds is 6. The number of hydrogen-bond acceptors (Lipinski definition) is 5. The molecule has 0 spiro atoms. The molecule has 0 amide bonds. The number of hydrogen-bond donors (Lipinski definition) is 2. The van der Waals surface area contributed by atoms with Gasteiger partial charge in [-0.05, 0) is 23.8 Å². The maximum Gasteiger partial charge on any atom is 0.417 e. The summed E-state index contributed by atoms with van der Waals surface area (Å²) in [5.74, 6) is 0.0582. The second kappa shape index (κ2) is 8.21. The first-order chi connectivity index (χ1) is 14.8. The number of nitrogens with one attached hydrogen (secondary N) is 2. The third-order valence-corrected chi connectivity index (χ3v) is 4.75. The molecule has 4 rings (SSSR count). The van der Waals surface area contributed by atoms with E-state index in [2.05, 4.69) is 25.3 Å². The van der Waals surface area contributed by atoms with E-state index in [0.29, 0.717) is 34.8 Å². The molecule has 0 aliphatic rings. The van der Waals surface area contributed by atoms with Gasteiger partial charge in [-0.3, -0.25) is 0 Å². The second-order valence-corrected chi connectivity index (χ2v) is 6.78. The number of ether oxygens (including phenoxy) is 1. The van der Waals surface area contributed by atoms with Gasteiger partial charge >= 0.3 is 6.18 Å². The maximum absolute atomic E-state index is 14.6. The van der Waals surface area contributed by atoms with E-state index in [1.54, 1.807) is 24.4 Å². The average Bonchev–Trinajstić information content (AvgIpc) is 3.15. The Kier molecular flexibility index (Phi) is 5.45. The molecule has 4 heterocycles. The van der Waals surface area contributed by atoms with E-state index in [1.165, 1.54) is 13.3 Å². The van der Waals surface area contributed by atoms with Gasteiger partial charge in [-0.15, -0.1) is 0 Å². The van der Waals surface area contributed by atoms with E-state index >= 15 is 0 Å². The summed E-state index contributed by atoms with van der Waals surface area (Å²) in [6.07, 6.45) is -0.543. The van der Waals surface area contributed by atoms with Gasteiger partial charge in [0.25, 0.3) is 0 Å². The van der Waals surface area contributed by atoms with Crippen molar-refractivity contribution in [3.63, 3.8) is 0 Å². The van der Waals surface area contributed by atoms with Crippen LogP contribution in [0.3, 0.4) is 0 Å². The lowest BCUT2D eigenvalue weighted by atomic mass is 10.1. The van der Waals surface area contributed by atoms with Gasteiger partial charge in [0.15, 0.2) is 0 Å². The fraction of sp³-hybridized carbons (Fsp3) is 0.190. The van der Waals surface area contributed by atoms with Gasteiger partial charge in [0.05, 0.1) is 12.7 Å². The highest BCUT2D eigenvalue weighted by Gasteiger charge is 2.31. The van der Waals surface area contributed by atoms with Crippen LogP contribution in [0.15, 0.2) is 48.9 Å². The predicted molar refractivity (Wildman–Crippen MR) is 106 cm³/mol. The van der Waals surface area contributed by atoms with Crippen LogP contribution in [-0.2, 0) is 19.1 Å². The van der Waals surface area contributed by atoms with Crippen LogP contribution in [0.25, 0.3) is 11.0 Å². The van der Waals surface area contributed by atoms with Crippen LogP contribution in [0.4, 0.5) is 23.4 Å². The third kappa shape index (κ3) is 4.42. The van der Waals surface area contributed by atoms with E-state index in [9.17, 15) is 17.6 Å². The van der Waals surface area contributed by atoms with Crippen LogP contribution in [0.1, 0.15) is 22.3 Å². The normalized spacial score (nSPS) is 11.6. The number of halogens is 4. The molecule has 0 saturated carbocycles. The zero-order valence-electron chi connectivity index (χ0n) is 16.3. The summed E-state index contributed by atoms with van der Waals surface area (Å²) >= 11 is 0. The first-order valence-corrected chi connectivity index (χ1v) is 9.25. The molecule has 10 heteroatoms. The largest absolute Gasteiger partial charge is 0.481 e. The van der Waals surface area contributed by atoms with Crippen LogP contribution in [0.2, 0.25) is 0 Å². The Morgan fingerprint density at radius 1 is 1.10 bits per heavy atom. The molecule has 0 aliphatic heterocycles. The summed E-state index contributed by atoms with van der Waals surface area (Å²) in [7, 11) is 1.51. The zero-order valence-corrected chi connectivity index (χ0v) is 16.3. The van der Waals surface area contributed by atoms with Gasteiger partial charge < -0.3 is 15.0 Å². The predicted octanol–water partition coefficient (Wildman–Crippen LogP) is 4.72. The van der Waals surface area contributed by atoms with Gasteiger partial charge in [0.1, 0.15) is 11.5 Å². The molecule has 0 aliphatic carbocycles. The molecule has 6 nitrogen and oxygen atoms in total. The number of methoxy groups -OCH3 is 1. The van der Waals surface area contributed by atoms with Crippen LogP contribution in [0.5, 0.6) is 5.88 Å². The lowest BCUT2D eigenvalue weighted by Crippen LogP contribution is -2.06. The molecule has 160 valence electrons. The number of anilines is 1. The number of alkyl halides is 3. The molecule has 0 aromatic carbocycles. The smallest absolute Gasteiger partial charge is 0.417 e. The Balaban J connectivity index is 1.52. The van der Waals surface area contributed by atoms with Crippen LogP contribution < -0.4 is 10.1 Å². The quantitative estimate of drug-likeness (QED) is 0.341. The first-order valence-electron chi connectivity index (χ1n) is 9.25. The number of aromatic nitrogens is 4. The highest BCUT2D eigenvalue weighted by molar-refractivity contribution is 5.80. The molecule has 31 heavy (non-hydrogen) atoms. The topological polar surface area (TPSA) is 75.7 Å². The Bertz CT molecular complexity index is 1220. The van der Waals surface area contributed by atoms with E-state index in [-0.39, 0.29) is 12.0 Å². The summed E-state index contributed by atoms with van der Waals surface area (Å²) in [6, 6.07) is 7.75. The van der Waals surface area contributed by atoms with E-state index in [4.69, 9.17) is 4.74 Å². The van der Waals surface area contributed by atoms with Crippen molar-refractivity contribution < 1.29 is 22.3 Å². The minimum absolute atomic E-state index is 0.0680. The summed E-state index contributed by atoms with van der Waals surface area (Å²) < 4.78 is 58.7. The molecule has 0 saturated heterocycles. The Morgan fingerprint density at radius 3 is 2.68 bits per heavy atom. The molecule has 0 bridgehead atoms. The Morgan fingerprint density at radius 2 is 1.94 bits per heavy atom. The van der Waals surface area contributed by atoms with Gasteiger partial charge in [-0.2, -0.15) is 17.6 Å². The summed E-state index contributed by atoms with van der Waals surface area (Å²) in [4.78, 5) is 14.6. The van der Waals surface area contributed by atoms with Crippen molar-refractivity contribution in [1.82, 2.24) is 19.9 Å². The lowest BCUT2D eigenvalue weighted by molar-refractivity contribution is -0.137. The monoisotopic (exact) mass is 431 g/mol. The molecule has 4 aromatic rings. The average molecular weight is 431 g/mol. The van der Waals surface area contributed by atoms with Crippen molar-refractivity contribution in [3.8, 4) is 5.88 Å². The highest BCUT2D eigenvalue weighted by atomic mass is 19.4. The molecule has 0 radical (unpaired) electrons. The summed E-state index contributed by atoms with van der Waals surface area (Å²) in [6.45, 7) is 0.330. The van der Waals surface area contributed by atoms with Gasteiger partial charge in [0.2, 0.25) is 11.8 Å². The van der Waals surface area contributed by atoms with Crippen LogP contribution >= 0.6 is 0 Å². The molecule has 0 fully saturated rings. The van der Waals surface area contributed by atoms with Crippen molar-refractivity contribution in [1.29, 1.82) is 0 Å². The third-order valence-electron chi connectivity index (χ3n) is 4.75. The van der Waals surface area contributed by atoms with Gasteiger partial charge in [-0.1, -0.05) is 12.1 Å². The highest BCUT2D eigenvalue weighted by Crippen LogP contribution is 2.32. The van der Waals surface area contributed by atoms with E-state index < -0.39 is 17.7 Å². The molecule has 0 unspecified atom stereocenters. The minimum Gasteiger partial charge on any atom is -0.481 e. The Hall–Kier alpha value is -3.69. The van der Waals surface area contributed by atoms with E-state index in [0.717, 1.165) is 17.8 Å². The lowest BCUT2D eigenvalue weighted by Gasteiger charge is -2.10. The number of nitrogens with zero attached hydrogens (tertiary/aromatic N) is 3. The van der Waals surface area contributed by atoms with Crippen molar-refractivity contribution >= 4 is 16.9 Å². The Labute approximate surface area is 174 Å². The number of fused-ring (bicyclic) bond motifs is 1. The molecule has 2 N–H and O–H groups in total. The molecular formula is C21H17F4N5O. The summed E-state index contributed by atoms with van der Waals surface area (Å²) in [5, 5.41) is 3.30. The maximum atomic E-state index is 14.6. The van der Waals surface area contributed by atoms with Crippen LogP contribution in [-0.4, -0.2) is 27.0 Å². The van der Waals surface area contributed by atoms with Gasteiger partial charge in [0, 0.05) is 48.1 Å². The molecule has 0 atom stereocenters. The summed E-state index contributed by atoms with van der Waals surface area (Å²) in [5.41, 5.74) is 0.978. The molecule has 4 aromatic heterocycles. The number of aromatic amines is 1. The first kappa shape index (κ1) is 20.6.